The Kier molecular flexibility index (Phi) is 431. The molecule has 56 nitrogen and oxygen atoms in total. The minimum atomic E-state index is -5.17. The van der Waals surface area contributed by atoms with Crippen LogP contribution in [0.15, 0.2) is 0 Å². The SMILES string of the molecule is O=S(=O)([O-])[O-].O=S(=O)([O-])[O-].O=S(=O)([O-])[O-].O=S(=O)([O-])[O-].O=S(=O)([O-])[O-].O=S(=O)([O-])[O-].O=S(=O)([O-])[O-].O=S(=O)([O-])[O-].O=S(=O)([O-])[O-].O=S(=O)([O-])[O-].O=S(=O)([O-])[O-].O=S(=O)([O-])[O-].O=S(=O)([O-])[O-].O=S(=O)([O-])[O-].[Na+].[Na+].[Na+].[Na+].[Na+].[Na+].[Na+].[Na+].[Na+].[Na+].[Na+].[Na+].[Na+].[Na+].[Na+].[Na+].[Na+].[Na+].[Na+].[Na+].[Na+].[Na+].[Na+].[Na+].[Na+].[Na+].[Na+].[Na+]. The maximum atomic E-state index is 8.52. The molecule has 0 amide bonds. The van der Waals surface area contributed by atoms with Crippen LogP contribution in [-0.2, 0) is 146 Å². The number of hydrogen-bond donors (Lipinski definition) is 0. The second kappa shape index (κ2) is 151. The third kappa shape index (κ3) is 2620. The van der Waals surface area contributed by atoms with E-state index in [0.29, 0.717) is 0 Å². The van der Waals surface area contributed by atoms with Crippen molar-refractivity contribution >= 4 is 146 Å². The minimum absolute atomic E-state index is 0. The zero-order chi connectivity index (χ0) is 63.0. The largest absolute Gasteiger partial charge is 1.00 e. The number of rotatable bonds is 0. The second-order valence-corrected chi connectivity index (χ2v) is 17.1. The summed E-state index contributed by atoms with van der Waals surface area (Å²) in [6, 6.07) is 0. The molecule has 0 aromatic heterocycles. The van der Waals surface area contributed by atoms with Gasteiger partial charge in [-0.1, -0.05) is 0 Å². The van der Waals surface area contributed by atoms with Crippen LogP contribution in [0.4, 0.5) is 0 Å². The van der Waals surface area contributed by atoms with Crippen LogP contribution in [0.25, 0.3) is 0 Å². The third-order valence-corrected chi connectivity index (χ3v) is 0. The van der Waals surface area contributed by atoms with Gasteiger partial charge in [0.2, 0.25) is 0 Å². The average Bonchev–Trinajstić information content (AvgIpc) is 2.60. The zero-order valence-electron chi connectivity index (χ0n) is 56.6. The van der Waals surface area contributed by atoms with Crippen molar-refractivity contribution in [3.63, 3.8) is 0 Å². The van der Waals surface area contributed by atoms with E-state index in [1.54, 1.807) is 0 Å². The maximum absolute atomic E-state index is 8.52. The molecular weight excluding hydrogens is 1990 g/mol. The van der Waals surface area contributed by atoms with Crippen LogP contribution in [0.1, 0.15) is 0 Å². The molecule has 0 aliphatic rings. The molecule has 0 radical (unpaired) electrons. The van der Waals surface area contributed by atoms with Gasteiger partial charge in [-0.2, -0.15) is 0 Å². The van der Waals surface area contributed by atoms with E-state index in [-0.39, 0.29) is 828 Å². The van der Waals surface area contributed by atoms with Crippen LogP contribution in [0.3, 0.4) is 0 Å². The van der Waals surface area contributed by atoms with Crippen LogP contribution in [0, 0.1) is 0 Å². The Morgan fingerprint density at radius 3 is 0.0714 bits per heavy atom. The average molecular weight is 1990 g/mol. The minimum Gasteiger partial charge on any atom is -0.759 e. The van der Waals surface area contributed by atoms with Crippen molar-refractivity contribution in [2.45, 2.75) is 0 Å². The summed E-state index contributed by atoms with van der Waals surface area (Å²) in [5.74, 6) is 0. The summed E-state index contributed by atoms with van der Waals surface area (Å²) >= 11 is 0. The van der Waals surface area contributed by atoms with Gasteiger partial charge in [-0.15, -0.1) is 0 Å². The van der Waals surface area contributed by atoms with Gasteiger partial charge >= 0.3 is 828 Å². The van der Waals surface area contributed by atoms with Gasteiger partial charge in [0.25, 0.3) is 0 Å². The Morgan fingerprint density at radius 2 is 0.0714 bits per heavy atom. The Balaban J connectivity index is -0.00000000843. The van der Waals surface area contributed by atoms with Crippen LogP contribution < -0.4 is 828 Å². The van der Waals surface area contributed by atoms with Gasteiger partial charge in [-0.25, -0.2) is 0 Å². The van der Waals surface area contributed by atoms with Crippen LogP contribution in [-0.4, -0.2) is 245 Å². The van der Waals surface area contributed by atoms with E-state index in [1.165, 1.54) is 0 Å². The fourth-order valence-corrected chi connectivity index (χ4v) is 0. The summed E-state index contributed by atoms with van der Waals surface area (Å²) in [4.78, 5) is 0. The molecule has 0 aromatic rings. The van der Waals surface area contributed by atoms with Crippen LogP contribution in [0.2, 0.25) is 0 Å². The second-order valence-electron chi connectivity index (χ2n) is 5.72. The van der Waals surface area contributed by atoms with E-state index in [0.717, 1.165) is 0 Å². The Labute approximate surface area is 1180 Å². The molecule has 0 rings (SSSR count). The molecule has 448 valence electrons. The van der Waals surface area contributed by atoms with Crippen molar-refractivity contribution in [3.8, 4) is 0 Å². The molecule has 0 saturated heterocycles. The summed E-state index contributed by atoms with van der Waals surface area (Å²) < 4.78 is 477. The van der Waals surface area contributed by atoms with Crippen LogP contribution >= 0.6 is 0 Å². The van der Waals surface area contributed by atoms with Gasteiger partial charge in [0.15, 0.2) is 0 Å². The number of hydrogen-bond acceptors (Lipinski definition) is 56. The van der Waals surface area contributed by atoms with Crippen molar-refractivity contribution in [1.29, 1.82) is 0 Å². The Morgan fingerprint density at radius 1 is 0.0714 bits per heavy atom. The van der Waals surface area contributed by atoms with E-state index >= 15 is 0 Å². The molecule has 0 saturated carbocycles. The van der Waals surface area contributed by atoms with E-state index in [4.69, 9.17) is 245 Å². The molecule has 98 heteroatoms. The molecule has 0 fully saturated rings. The molecule has 0 spiro atoms. The van der Waals surface area contributed by atoms with Crippen molar-refractivity contribution in [2.24, 2.45) is 0 Å². The molecule has 0 bridgehead atoms. The predicted octanol–water partition coefficient (Wildman–Crippen LogP) is -103. The molecular formula is Na28O56S14. The van der Waals surface area contributed by atoms with E-state index in [9.17, 15) is 0 Å². The fourth-order valence-electron chi connectivity index (χ4n) is 0. The summed E-state index contributed by atoms with van der Waals surface area (Å²) in [5.41, 5.74) is 0. The molecule has 0 aliphatic heterocycles. The molecule has 0 aromatic carbocycles. The summed E-state index contributed by atoms with van der Waals surface area (Å²) in [6.45, 7) is 0. The predicted molar refractivity (Wildman–Crippen MR) is 147 cm³/mol. The maximum Gasteiger partial charge on any atom is 1.00 e. The quantitative estimate of drug-likeness (QED) is 0.123. The monoisotopic (exact) mass is 1990 g/mol. The Bertz CT molecular complexity index is 2100. The first-order valence-electron chi connectivity index (χ1n) is 9.33. The first-order valence-corrected chi connectivity index (χ1v) is 28.0. The van der Waals surface area contributed by atoms with Crippen molar-refractivity contribution in [3.05, 3.63) is 0 Å². The summed E-state index contributed by atoms with van der Waals surface area (Å²) in [5, 5.41) is 0. The summed E-state index contributed by atoms with van der Waals surface area (Å²) in [7, 11) is -72.3. The molecule has 0 heterocycles. The zero-order valence-corrected chi connectivity index (χ0v) is 124. The Hall–Kier alpha value is 26.2. The van der Waals surface area contributed by atoms with Gasteiger partial charge < -0.3 is 127 Å². The first-order chi connectivity index (χ1) is 28.0. The van der Waals surface area contributed by atoms with Gasteiger partial charge in [0, 0.05) is 146 Å². The van der Waals surface area contributed by atoms with E-state index in [1.807, 2.05) is 0 Å². The smallest absolute Gasteiger partial charge is 0.759 e. The van der Waals surface area contributed by atoms with Gasteiger partial charge in [0.05, 0.1) is 0 Å². The first kappa shape index (κ1) is 279. The molecule has 0 atom stereocenters. The van der Waals surface area contributed by atoms with Gasteiger partial charge in [-0.05, 0) is 0 Å². The van der Waals surface area contributed by atoms with Gasteiger partial charge in [-0.3, -0.25) is 118 Å². The molecule has 0 aliphatic carbocycles. The molecule has 0 N–H and O–H groups in total. The third-order valence-electron chi connectivity index (χ3n) is 0. The molecule has 98 heavy (non-hydrogen) atoms. The molecule has 0 unspecified atom stereocenters. The van der Waals surface area contributed by atoms with Gasteiger partial charge in [0.1, 0.15) is 0 Å². The van der Waals surface area contributed by atoms with Crippen LogP contribution in [0.5, 0.6) is 0 Å². The fraction of sp³-hybridized carbons (Fsp3) is 0. The van der Waals surface area contributed by atoms with E-state index < -0.39 is 146 Å². The van der Waals surface area contributed by atoms with Crippen molar-refractivity contribution in [2.75, 3.05) is 0 Å². The summed E-state index contributed by atoms with van der Waals surface area (Å²) in [6.07, 6.45) is 0. The van der Waals surface area contributed by atoms with E-state index in [2.05, 4.69) is 0 Å². The van der Waals surface area contributed by atoms with Crippen molar-refractivity contribution in [1.82, 2.24) is 0 Å². The topological polar surface area (TPSA) is 1120 Å². The standard InChI is InChI=1S/28Na.14H2O4S/c;;;;;;;;;;;;;;;;;;;;;;;;;;;;14*1-5(2,3)4/h;;;;;;;;;;;;;;;;;;;;;;;;;;;;14*(H2,1,2,3,4)/q28*+1;;;;;;;;;;;;;;/p-28. The normalized spacial score (nSPS) is 8.29. The van der Waals surface area contributed by atoms with Crippen molar-refractivity contribution < 1.29 is 1070 Å².